The van der Waals surface area contributed by atoms with Crippen molar-refractivity contribution >= 4 is 17.7 Å². The number of carbonyl (C=O) groups is 1. The van der Waals surface area contributed by atoms with Crippen molar-refractivity contribution in [2.45, 2.75) is 63.9 Å². The Morgan fingerprint density at radius 3 is 2.67 bits per heavy atom. The summed E-state index contributed by atoms with van der Waals surface area (Å²) in [6.45, 7) is 8.50. The first-order valence-corrected chi connectivity index (χ1v) is 8.41. The van der Waals surface area contributed by atoms with Crippen LogP contribution in [0, 0.1) is 24.2 Å². The number of rotatable bonds is 5. The van der Waals surface area contributed by atoms with E-state index in [1.807, 2.05) is 0 Å². The molecule has 3 atom stereocenters. The number of nitrogens with zero attached hydrogens (tertiary/aromatic N) is 2. The van der Waals surface area contributed by atoms with Crippen molar-refractivity contribution in [3.63, 3.8) is 0 Å². The average molecular weight is 312 g/mol. The Balaban J connectivity index is 2.13. The molecule has 1 saturated carbocycles. The zero-order valence-electron chi connectivity index (χ0n) is 13.1. The number of hydrogen-bond acceptors (Lipinski definition) is 5. The highest BCUT2D eigenvalue weighted by atomic mass is 32.2. The Hall–Kier alpha value is -1.04. The van der Waals surface area contributed by atoms with Gasteiger partial charge in [0.2, 0.25) is 5.89 Å². The van der Waals surface area contributed by atoms with Gasteiger partial charge in [-0.05, 0) is 30.6 Å². The number of aryl methyl sites for hydroxylation is 1. The van der Waals surface area contributed by atoms with Gasteiger partial charge in [0, 0.05) is 12.2 Å². The minimum absolute atomic E-state index is 0.00641. The molecule has 0 aliphatic heterocycles. The lowest BCUT2D eigenvalue weighted by atomic mass is 9.67. The second-order valence-electron chi connectivity index (χ2n) is 6.54. The maximum Gasteiger partial charge on any atom is 0.307 e. The fourth-order valence-corrected chi connectivity index (χ4v) is 4.26. The molecule has 0 spiro atoms. The van der Waals surface area contributed by atoms with Gasteiger partial charge in [-0.2, -0.15) is 0 Å². The van der Waals surface area contributed by atoms with Crippen LogP contribution in [0.15, 0.2) is 9.64 Å². The van der Waals surface area contributed by atoms with Crippen LogP contribution >= 0.6 is 11.8 Å². The quantitative estimate of drug-likeness (QED) is 0.891. The van der Waals surface area contributed by atoms with Crippen molar-refractivity contribution in [2.75, 3.05) is 0 Å². The van der Waals surface area contributed by atoms with Crippen LogP contribution < -0.4 is 0 Å². The molecule has 1 aromatic rings. The van der Waals surface area contributed by atoms with E-state index >= 15 is 0 Å². The van der Waals surface area contributed by atoms with Crippen LogP contribution in [0.4, 0.5) is 0 Å². The Kier molecular flexibility index (Phi) is 4.96. The van der Waals surface area contributed by atoms with Gasteiger partial charge in [0.1, 0.15) is 0 Å². The zero-order chi connectivity index (χ0) is 15.6. The summed E-state index contributed by atoms with van der Waals surface area (Å²) >= 11 is 1.43. The van der Waals surface area contributed by atoms with E-state index in [2.05, 4.69) is 31.0 Å². The molecule has 5 nitrogen and oxygen atoms in total. The molecule has 2 rings (SSSR count). The van der Waals surface area contributed by atoms with E-state index in [-0.39, 0.29) is 16.6 Å². The molecule has 21 heavy (non-hydrogen) atoms. The highest BCUT2D eigenvalue weighted by Gasteiger charge is 2.41. The highest BCUT2D eigenvalue weighted by Crippen LogP contribution is 2.46. The van der Waals surface area contributed by atoms with Crippen molar-refractivity contribution < 1.29 is 14.3 Å². The van der Waals surface area contributed by atoms with E-state index in [9.17, 15) is 9.90 Å². The van der Waals surface area contributed by atoms with E-state index in [0.29, 0.717) is 17.0 Å². The van der Waals surface area contributed by atoms with Crippen molar-refractivity contribution in [2.24, 2.45) is 17.3 Å². The minimum Gasteiger partial charge on any atom is -0.481 e. The largest absolute Gasteiger partial charge is 0.481 e. The number of carboxylic acid groups (broad SMARTS) is 1. The summed E-state index contributed by atoms with van der Waals surface area (Å²) < 4.78 is 5.41. The predicted octanol–water partition coefficient (Wildman–Crippen LogP) is 3.78. The Morgan fingerprint density at radius 2 is 2.14 bits per heavy atom. The molecule has 118 valence electrons. The molecule has 0 bridgehead atoms. The molecule has 1 heterocycles. The monoisotopic (exact) mass is 312 g/mol. The maximum absolute atomic E-state index is 11.5. The Morgan fingerprint density at radius 1 is 1.43 bits per heavy atom. The smallest absolute Gasteiger partial charge is 0.307 e. The lowest BCUT2D eigenvalue weighted by molar-refractivity contribution is -0.143. The molecule has 1 aromatic heterocycles. The van der Waals surface area contributed by atoms with Crippen molar-refractivity contribution in [1.29, 1.82) is 0 Å². The average Bonchev–Trinajstić information content (AvgIpc) is 2.83. The molecule has 0 saturated heterocycles. The molecule has 3 unspecified atom stereocenters. The summed E-state index contributed by atoms with van der Waals surface area (Å²) in [5, 5.41) is 17.8. The minimum atomic E-state index is -0.712. The molecular formula is C15H24N2O3S. The maximum atomic E-state index is 11.5. The molecule has 1 aliphatic rings. The SMILES string of the molecule is CCC(C)(C)C1CCC(C(=O)O)C(Sc2nnc(C)o2)C1. The van der Waals surface area contributed by atoms with E-state index in [1.54, 1.807) is 6.92 Å². The molecule has 1 aliphatic carbocycles. The first-order chi connectivity index (χ1) is 9.83. The summed E-state index contributed by atoms with van der Waals surface area (Å²) in [4.78, 5) is 11.5. The first kappa shape index (κ1) is 16.3. The van der Waals surface area contributed by atoms with Gasteiger partial charge in [-0.15, -0.1) is 10.2 Å². The topological polar surface area (TPSA) is 76.2 Å². The van der Waals surface area contributed by atoms with Gasteiger partial charge in [-0.1, -0.05) is 39.0 Å². The molecule has 1 fully saturated rings. The standard InChI is InChI=1S/C15H24N2O3S/c1-5-15(3,4)10-6-7-11(13(18)19)12(8-10)21-14-17-16-9(2)20-14/h10-12H,5-8H2,1-4H3,(H,18,19). The lowest BCUT2D eigenvalue weighted by Crippen LogP contribution is -2.37. The summed E-state index contributed by atoms with van der Waals surface area (Å²) in [7, 11) is 0. The molecule has 0 aromatic carbocycles. The zero-order valence-corrected chi connectivity index (χ0v) is 13.9. The number of hydrogen-bond donors (Lipinski definition) is 1. The Labute approximate surface area is 129 Å². The van der Waals surface area contributed by atoms with Gasteiger partial charge < -0.3 is 9.52 Å². The van der Waals surface area contributed by atoms with Gasteiger partial charge in [-0.3, -0.25) is 4.79 Å². The van der Waals surface area contributed by atoms with Crippen LogP contribution in [-0.4, -0.2) is 26.5 Å². The molecule has 1 N–H and O–H groups in total. The van der Waals surface area contributed by atoms with Crippen molar-refractivity contribution in [3.05, 3.63) is 5.89 Å². The van der Waals surface area contributed by atoms with Gasteiger partial charge in [0.25, 0.3) is 5.22 Å². The molecular weight excluding hydrogens is 288 g/mol. The Bertz CT molecular complexity index is 501. The van der Waals surface area contributed by atoms with Crippen molar-refractivity contribution in [1.82, 2.24) is 10.2 Å². The highest BCUT2D eigenvalue weighted by molar-refractivity contribution is 7.99. The van der Waals surface area contributed by atoms with Crippen LogP contribution in [0.1, 0.15) is 52.3 Å². The summed E-state index contributed by atoms with van der Waals surface area (Å²) in [5.41, 5.74) is 0.243. The van der Waals surface area contributed by atoms with Crippen LogP contribution in [0.3, 0.4) is 0 Å². The van der Waals surface area contributed by atoms with Crippen LogP contribution in [0.2, 0.25) is 0 Å². The first-order valence-electron chi connectivity index (χ1n) is 7.53. The van der Waals surface area contributed by atoms with E-state index in [0.717, 1.165) is 25.7 Å². The van der Waals surface area contributed by atoms with Gasteiger partial charge >= 0.3 is 5.97 Å². The molecule has 0 radical (unpaired) electrons. The second-order valence-corrected chi connectivity index (χ2v) is 7.73. The normalized spacial score (nSPS) is 26.8. The summed E-state index contributed by atoms with van der Waals surface area (Å²) in [6, 6.07) is 0. The third-order valence-corrected chi connectivity index (χ3v) is 6.08. The number of aromatic nitrogens is 2. The fraction of sp³-hybridized carbons (Fsp3) is 0.800. The summed E-state index contributed by atoms with van der Waals surface area (Å²) in [6.07, 6.45) is 3.71. The van der Waals surface area contributed by atoms with Crippen LogP contribution in [0.5, 0.6) is 0 Å². The third kappa shape index (κ3) is 3.78. The van der Waals surface area contributed by atoms with Crippen LogP contribution in [-0.2, 0) is 4.79 Å². The van der Waals surface area contributed by atoms with Gasteiger partial charge in [0.05, 0.1) is 5.92 Å². The number of carboxylic acids is 1. The van der Waals surface area contributed by atoms with E-state index in [4.69, 9.17) is 4.42 Å². The summed E-state index contributed by atoms with van der Waals surface area (Å²) in [5.74, 6) is 0.0212. The number of thioether (sulfide) groups is 1. The third-order valence-electron chi connectivity index (χ3n) is 4.89. The molecule has 0 amide bonds. The number of aliphatic carboxylic acids is 1. The molecule has 6 heteroatoms. The van der Waals surface area contributed by atoms with Gasteiger partial charge in [-0.25, -0.2) is 0 Å². The predicted molar refractivity (Wildman–Crippen MR) is 81.2 cm³/mol. The van der Waals surface area contributed by atoms with Crippen LogP contribution in [0.25, 0.3) is 0 Å². The second kappa shape index (κ2) is 6.38. The van der Waals surface area contributed by atoms with E-state index < -0.39 is 5.97 Å². The fourth-order valence-electron chi connectivity index (χ4n) is 3.00. The van der Waals surface area contributed by atoms with Gasteiger partial charge in [0.15, 0.2) is 0 Å². The van der Waals surface area contributed by atoms with Crippen molar-refractivity contribution in [3.8, 4) is 0 Å². The lowest BCUT2D eigenvalue weighted by Gasteiger charge is -2.41. The van der Waals surface area contributed by atoms with E-state index in [1.165, 1.54) is 11.8 Å².